The molecular weight excluding hydrogens is 380 g/mol. The van der Waals surface area contributed by atoms with Crippen molar-refractivity contribution in [2.24, 2.45) is 0 Å². The lowest BCUT2D eigenvalue weighted by atomic mass is 10.5. The van der Waals surface area contributed by atoms with Crippen LogP contribution in [0, 0.1) is 3.57 Å². The van der Waals surface area contributed by atoms with Gasteiger partial charge in [-0.1, -0.05) is 0 Å². The molecular formula is C5H2BrClINO2S. The fourth-order valence-electron chi connectivity index (χ4n) is 0.575. The van der Waals surface area contributed by atoms with E-state index in [0.29, 0.717) is 0 Å². The van der Waals surface area contributed by atoms with Gasteiger partial charge in [-0.25, -0.2) is 13.4 Å². The van der Waals surface area contributed by atoms with Gasteiger partial charge in [0.1, 0.15) is 9.50 Å². The lowest BCUT2D eigenvalue weighted by Crippen LogP contribution is -1.94. The molecule has 0 amide bonds. The number of halogens is 3. The van der Waals surface area contributed by atoms with Crippen molar-refractivity contribution in [1.82, 2.24) is 4.98 Å². The Morgan fingerprint density at radius 3 is 2.58 bits per heavy atom. The third-order valence-corrected chi connectivity index (χ3v) is 3.86. The van der Waals surface area contributed by atoms with E-state index in [4.69, 9.17) is 10.7 Å². The molecule has 0 aliphatic carbocycles. The van der Waals surface area contributed by atoms with Crippen LogP contribution in [0.4, 0.5) is 0 Å². The van der Waals surface area contributed by atoms with Crippen molar-refractivity contribution in [3.05, 3.63) is 20.4 Å². The van der Waals surface area contributed by atoms with Crippen molar-refractivity contribution in [3.8, 4) is 0 Å². The molecule has 3 nitrogen and oxygen atoms in total. The molecule has 0 atom stereocenters. The standard InChI is InChI=1S/C5H2BrClINO2S/c6-5-4(12(7,10)11)1-3(8)2-9-5/h1-2H. The maximum absolute atomic E-state index is 10.9. The number of nitrogens with zero attached hydrogens (tertiary/aromatic N) is 1. The zero-order valence-corrected chi connectivity index (χ0v) is 10.8. The molecule has 0 aliphatic heterocycles. The molecule has 66 valence electrons. The molecule has 0 bridgehead atoms. The predicted octanol–water partition coefficient (Wildman–Crippen LogP) is 2.38. The van der Waals surface area contributed by atoms with Crippen molar-refractivity contribution in [2.75, 3.05) is 0 Å². The summed E-state index contributed by atoms with van der Waals surface area (Å²) in [5.74, 6) is 0. The minimum atomic E-state index is -3.70. The number of aromatic nitrogens is 1. The SMILES string of the molecule is O=S(=O)(Cl)c1cc(I)cnc1Br. The highest BCUT2D eigenvalue weighted by Crippen LogP contribution is 2.24. The van der Waals surface area contributed by atoms with E-state index in [1.165, 1.54) is 12.3 Å². The Bertz CT molecular complexity index is 408. The van der Waals surface area contributed by atoms with Gasteiger partial charge >= 0.3 is 0 Å². The van der Waals surface area contributed by atoms with Crippen molar-refractivity contribution in [1.29, 1.82) is 0 Å². The van der Waals surface area contributed by atoms with Gasteiger partial charge in [-0.3, -0.25) is 0 Å². The zero-order chi connectivity index (χ0) is 9.35. The van der Waals surface area contributed by atoms with Crippen LogP contribution in [0.5, 0.6) is 0 Å². The number of hydrogen-bond acceptors (Lipinski definition) is 3. The first-order valence-electron chi connectivity index (χ1n) is 2.67. The molecule has 12 heavy (non-hydrogen) atoms. The molecule has 0 unspecified atom stereocenters. The molecule has 0 aromatic carbocycles. The van der Waals surface area contributed by atoms with Gasteiger partial charge in [-0.05, 0) is 44.6 Å². The quantitative estimate of drug-likeness (QED) is 0.426. The molecule has 0 spiro atoms. The Balaban J connectivity index is 3.43. The third-order valence-electron chi connectivity index (χ3n) is 1.04. The Morgan fingerprint density at radius 2 is 2.17 bits per heavy atom. The lowest BCUT2D eigenvalue weighted by Gasteiger charge is -1.98. The first-order valence-corrected chi connectivity index (χ1v) is 6.85. The van der Waals surface area contributed by atoms with Crippen LogP contribution in [0.25, 0.3) is 0 Å². The summed E-state index contributed by atoms with van der Waals surface area (Å²) in [5.41, 5.74) is 0. The molecule has 1 heterocycles. The van der Waals surface area contributed by atoms with Gasteiger partial charge in [-0.2, -0.15) is 0 Å². The van der Waals surface area contributed by atoms with Crippen LogP contribution in [-0.2, 0) is 9.05 Å². The monoisotopic (exact) mass is 381 g/mol. The average Bonchev–Trinajstić information content (AvgIpc) is 1.92. The molecule has 0 fully saturated rings. The van der Waals surface area contributed by atoms with Crippen molar-refractivity contribution < 1.29 is 8.42 Å². The van der Waals surface area contributed by atoms with Crippen LogP contribution in [0.15, 0.2) is 21.8 Å². The number of hydrogen-bond donors (Lipinski definition) is 0. The Hall–Kier alpha value is 0.600. The van der Waals surface area contributed by atoms with E-state index >= 15 is 0 Å². The first-order chi connectivity index (χ1) is 5.41. The molecule has 0 aliphatic rings. The van der Waals surface area contributed by atoms with Crippen LogP contribution >= 0.6 is 49.2 Å². The summed E-state index contributed by atoms with van der Waals surface area (Å²) in [7, 11) is 1.44. The molecule has 7 heteroatoms. The smallest absolute Gasteiger partial charge is 0.247 e. The van der Waals surface area contributed by atoms with E-state index in [1.807, 2.05) is 22.6 Å². The molecule has 1 aromatic heterocycles. The second kappa shape index (κ2) is 3.77. The summed E-state index contributed by atoms with van der Waals surface area (Å²) in [4.78, 5) is 3.79. The summed E-state index contributed by atoms with van der Waals surface area (Å²) >= 11 is 4.94. The predicted molar refractivity (Wildman–Crippen MR) is 57.7 cm³/mol. The molecule has 0 N–H and O–H groups in total. The summed E-state index contributed by atoms with van der Waals surface area (Å²) in [6, 6.07) is 1.44. The van der Waals surface area contributed by atoms with Crippen molar-refractivity contribution in [2.45, 2.75) is 4.90 Å². The topological polar surface area (TPSA) is 47.0 Å². The van der Waals surface area contributed by atoms with Crippen LogP contribution in [-0.4, -0.2) is 13.4 Å². The van der Waals surface area contributed by atoms with Crippen LogP contribution in [0.2, 0.25) is 0 Å². The maximum Gasteiger partial charge on any atom is 0.264 e. The highest BCUT2D eigenvalue weighted by Gasteiger charge is 2.15. The molecule has 1 rings (SSSR count). The van der Waals surface area contributed by atoms with Gasteiger partial charge in [0.05, 0.1) is 0 Å². The van der Waals surface area contributed by atoms with E-state index in [1.54, 1.807) is 0 Å². The van der Waals surface area contributed by atoms with Crippen molar-refractivity contribution >= 4 is 58.3 Å². The van der Waals surface area contributed by atoms with Gasteiger partial charge in [0.25, 0.3) is 9.05 Å². The molecule has 0 saturated heterocycles. The zero-order valence-electron chi connectivity index (χ0n) is 5.46. The summed E-state index contributed by atoms with van der Waals surface area (Å²) in [6.45, 7) is 0. The van der Waals surface area contributed by atoms with E-state index in [9.17, 15) is 8.42 Å². The Labute approximate surface area is 96.2 Å². The summed E-state index contributed by atoms with van der Waals surface area (Å²) < 4.78 is 22.7. The fourth-order valence-corrected chi connectivity index (χ4v) is 3.25. The summed E-state index contributed by atoms with van der Waals surface area (Å²) in [6.07, 6.45) is 1.54. The second-order valence-corrected chi connectivity index (χ2v) is 6.41. The van der Waals surface area contributed by atoms with Crippen molar-refractivity contribution in [3.63, 3.8) is 0 Å². The minimum Gasteiger partial charge on any atom is -0.247 e. The van der Waals surface area contributed by atoms with Gasteiger partial charge < -0.3 is 0 Å². The highest BCUT2D eigenvalue weighted by molar-refractivity contribution is 14.1. The molecule has 1 aromatic rings. The largest absolute Gasteiger partial charge is 0.264 e. The molecule has 0 saturated carbocycles. The molecule has 0 radical (unpaired) electrons. The average molecular weight is 382 g/mol. The van der Waals surface area contributed by atoms with Crippen LogP contribution in [0.3, 0.4) is 0 Å². The minimum absolute atomic E-state index is 0.00364. The first kappa shape index (κ1) is 10.7. The third kappa shape index (κ3) is 2.54. The Morgan fingerprint density at radius 1 is 1.58 bits per heavy atom. The summed E-state index contributed by atoms with van der Waals surface area (Å²) in [5, 5.41) is 0. The van der Waals surface area contributed by atoms with Crippen LogP contribution < -0.4 is 0 Å². The van der Waals surface area contributed by atoms with Gasteiger partial charge in [0.2, 0.25) is 0 Å². The number of rotatable bonds is 1. The van der Waals surface area contributed by atoms with E-state index in [0.717, 1.165) is 3.57 Å². The van der Waals surface area contributed by atoms with E-state index in [2.05, 4.69) is 20.9 Å². The van der Waals surface area contributed by atoms with Gasteiger partial charge in [0, 0.05) is 20.4 Å². The Kier molecular flexibility index (Phi) is 3.35. The highest BCUT2D eigenvalue weighted by atomic mass is 127. The lowest BCUT2D eigenvalue weighted by molar-refractivity contribution is 0.608. The number of pyridine rings is 1. The van der Waals surface area contributed by atoms with Crippen LogP contribution in [0.1, 0.15) is 0 Å². The van der Waals surface area contributed by atoms with E-state index < -0.39 is 9.05 Å². The maximum atomic E-state index is 10.9. The van der Waals surface area contributed by atoms with Gasteiger partial charge in [0.15, 0.2) is 0 Å². The second-order valence-electron chi connectivity index (χ2n) is 1.88. The van der Waals surface area contributed by atoms with Gasteiger partial charge in [-0.15, -0.1) is 0 Å². The normalized spacial score (nSPS) is 11.6. The van der Waals surface area contributed by atoms with E-state index in [-0.39, 0.29) is 9.50 Å². The fraction of sp³-hybridized carbons (Fsp3) is 0.